The third-order valence-electron chi connectivity index (χ3n) is 3.26. The maximum Gasteiger partial charge on any atom is 0.277 e. The largest absolute Gasteiger partial charge is 0.484 e. The number of nitrogens with zero attached hydrogens (tertiary/aromatic N) is 2. The van der Waals surface area contributed by atoms with Crippen LogP contribution in [0.5, 0.6) is 5.75 Å². The predicted molar refractivity (Wildman–Crippen MR) is 100 cm³/mol. The van der Waals surface area contributed by atoms with Crippen molar-refractivity contribution in [2.24, 2.45) is 5.10 Å². The van der Waals surface area contributed by atoms with Crippen molar-refractivity contribution in [3.63, 3.8) is 0 Å². The van der Waals surface area contributed by atoms with E-state index in [1.165, 1.54) is 24.4 Å². The average Bonchev–Trinajstić information content (AvgIpc) is 2.62. The Morgan fingerprint density at radius 2 is 2.12 bits per heavy atom. The van der Waals surface area contributed by atoms with Crippen molar-refractivity contribution in [3.05, 3.63) is 74.8 Å². The van der Waals surface area contributed by atoms with Gasteiger partial charge in [-0.1, -0.05) is 23.7 Å². The third-order valence-corrected chi connectivity index (χ3v) is 3.68. The Balaban J connectivity index is 1.82. The minimum absolute atomic E-state index is 0.00663. The summed E-state index contributed by atoms with van der Waals surface area (Å²) in [4.78, 5) is 22.1. The molecule has 2 aromatic rings. The van der Waals surface area contributed by atoms with E-state index >= 15 is 0 Å². The molecule has 0 heterocycles. The van der Waals surface area contributed by atoms with Gasteiger partial charge in [0, 0.05) is 17.3 Å². The number of hydrazone groups is 1. The molecule has 0 unspecified atom stereocenters. The van der Waals surface area contributed by atoms with E-state index in [9.17, 15) is 14.9 Å². The van der Waals surface area contributed by atoms with E-state index in [0.717, 1.165) is 5.56 Å². The van der Waals surface area contributed by atoms with Gasteiger partial charge >= 0.3 is 0 Å². The van der Waals surface area contributed by atoms with E-state index in [1.54, 1.807) is 36.4 Å². The molecule has 1 amide bonds. The monoisotopic (exact) mass is 373 g/mol. The van der Waals surface area contributed by atoms with Crippen molar-refractivity contribution < 1.29 is 14.5 Å². The molecule has 134 valence electrons. The van der Waals surface area contributed by atoms with E-state index in [2.05, 4.69) is 10.5 Å². The van der Waals surface area contributed by atoms with Crippen molar-refractivity contribution in [2.45, 2.75) is 6.92 Å². The van der Waals surface area contributed by atoms with Crippen molar-refractivity contribution >= 4 is 35.5 Å². The fourth-order valence-electron chi connectivity index (χ4n) is 1.98. The number of allylic oxidation sites excluding steroid dienone is 1. The van der Waals surface area contributed by atoms with Crippen molar-refractivity contribution in [2.75, 3.05) is 6.61 Å². The summed E-state index contributed by atoms with van der Waals surface area (Å²) in [5.41, 5.74) is 3.58. The van der Waals surface area contributed by atoms with Crippen LogP contribution < -0.4 is 10.2 Å². The van der Waals surface area contributed by atoms with E-state index < -0.39 is 10.8 Å². The molecular formula is C18H16ClN3O4. The fourth-order valence-corrected chi connectivity index (χ4v) is 2.10. The maximum atomic E-state index is 11.7. The van der Waals surface area contributed by atoms with E-state index in [-0.39, 0.29) is 12.3 Å². The molecule has 0 aliphatic heterocycles. The molecule has 0 radical (unpaired) electrons. The highest BCUT2D eigenvalue weighted by molar-refractivity contribution is 6.31. The van der Waals surface area contributed by atoms with Crippen LogP contribution in [0.2, 0.25) is 5.02 Å². The molecule has 0 aromatic heterocycles. The van der Waals surface area contributed by atoms with Gasteiger partial charge in [0.1, 0.15) is 5.75 Å². The standard InChI is InChI=1S/C18H16ClN3O4/c1-13-11-15(8-9-16(13)19)26-12-18(23)21-20-10-4-6-14-5-2-3-7-17(14)22(24)25/h2-11H,12H2,1H3,(H,21,23). The van der Waals surface area contributed by atoms with Gasteiger partial charge in [0.15, 0.2) is 6.61 Å². The number of carbonyl (C=O) groups is 1. The number of ether oxygens (including phenoxy) is 1. The van der Waals surface area contributed by atoms with Crippen LogP contribution in [0.4, 0.5) is 5.69 Å². The van der Waals surface area contributed by atoms with E-state index in [1.807, 2.05) is 6.92 Å². The second kappa shape index (κ2) is 9.33. The van der Waals surface area contributed by atoms with Crippen LogP contribution in [-0.2, 0) is 4.79 Å². The molecule has 0 bridgehead atoms. The number of benzene rings is 2. The third kappa shape index (κ3) is 5.71. The first-order valence-corrected chi connectivity index (χ1v) is 7.96. The topological polar surface area (TPSA) is 93.8 Å². The minimum Gasteiger partial charge on any atom is -0.484 e. The minimum atomic E-state index is -0.464. The van der Waals surface area contributed by atoms with Crippen LogP contribution in [0.3, 0.4) is 0 Å². The quantitative estimate of drug-likeness (QED) is 0.454. The molecule has 2 rings (SSSR count). The predicted octanol–water partition coefficient (Wildman–Crippen LogP) is 3.75. The molecule has 0 saturated heterocycles. The van der Waals surface area contributed by atoms with Gasteiger partial charge in [-0.3, -0.25) is 14.9 Å². The lowest BCUT2D eigenvalue weighted by Crippen LogP contribution is -2.24. The zero-order valence-corrected chi connectivity index (χ0v) is 14.6. The van der Waals surface area contributed by atoms with Gasteiger partial charge in [0.25, 0.3) is 11.6 Å². The Morgan fingerprint density at radius 3 is 2.85 bits per heavy atom. The summed E-state index contributed by atoms with van der Waals surface area (Å²) < 4.78 is 5.33. The van der Waals surface area contributed by atoms with Crippen LogP contribution in [0.25, 0.3) is 6.08 Å². The van der Waals surface area contributed by atoms with Gasteiger partial charge in [-0.25, -0.2) is 5.43 Å². The first-order valence-electron chi connectivity index (χ1n) is 7.58. The van der Waals surface area contributed by atoms with Gasteiger partial charge < -0.3 is 4.74 Å². The van der Waals surface area contributed by atoms with Crippen LogP contribution in [-0.4, -0.2) is 23.7 Å². The summed E-state index contributed by atoms with van der Waals surface area (Å²) in [6, 6.07) is 11.4. The summed E-state index contributed by atoms with van der Waals surface area (Å²) in [5, 5.41) is 15.2. The Labute approximate surface area is 155 Å². The number of para-hydroxylation sites is 1. The van der Waals surface area contributed by atoms with Gasteiger partial charge in [0.2, 0.25) is 0 Å². The van der Waals surface area contributed by atoms with E-state index in [4.69, 9.17) is 16.3 Å². The van der Waals surface area contributed by atoms with Gasteiger partial charge in [-0.15, -0.1) is 0 Å². The van der Waals surface area contributed by atoms with Crippen LogP contribution in [0, 0.1) is 17.0 Å². The van der Waals surface area contributed by atoms with Crippen LogP contribution in [0.1, 0.15) is 11.1 Å². The Morgan fingerprint density at radius 1 is 1.35 bits per heavy atom. The second-order valence-corrected chi connectivity index (χ2v) is 5.60. The molecule has 1 N–H and O–H groups in total. The number of nitro groups is 1. The molecular weight excluding hydrogens is 358 g/mol. The Hall–Kier alpha value is -3.19. The van der Waals surface area contributed by atoms with E-state index in [0.29, 0.717) is 16.3 Å². The molecule has 0 atom stereocenters. The molecule has 0 saturated carbocycles. The smallest absolute Gasteiger partial charge is 0.277 e. The second-order valence-electron chi connectivity index (χ2n) is 5.19. The summed E-state index contributed by atoms with van der Waals surface area (Å²) in [5.74, 6) is 0.0928. The zero-order valence-electron chi connectivity index (χ0n) is 13.9. The molecule has 26 heavy (non-hydrogen) atoms. The number of nitro benzene ring substituents is 1. The molecule has 0 aliphatic carbocycles. The number of carbonyl (C=O) groups excluding carboxylic acids is 1. The highest BCUT2D eigenvalue weighted by Gasteiger charge is 2.08. The number of halogens is 1. The van der Waals surface area contributed by atoms with Crippen molar-refractivity contribution in [3.8, 4) is 5.75 Å². The summed E-state index contributed by atoms with van der Waals surface area (Å²) in [7, 11) is 0. The maximum absolute atomic E-state index is 11.7. The highest BCUT2D eigenvalue weighted by Crippen LogP contribution is 2.21. The fraction of sp³-hybridized carbons (Fsp3) is 0.111. The zero-order chi connectivity index (χ0) is 18.9. The summed E-state index contributed by atoms with van der Waals surface area (Å²) >= 11 is 5.92. The lowest BCUT2D eigenvalue weighted by molar-refractivity contribution is -0.385. The summed E-state index contributed by atoms with van der Waals surface area (Å²) in [6.07, 6.45) is 4.34. The average molecular weight is 374 g/mol. The first kappa shape index (κ1) is 19.1. The SMILES string of the molecule is Cc1cc(OCC(=O)NN=CC=Cc2ccccc2[N+](=O)[O-])ccc1Cl. The molecule has 7 nitrogen and oxygen atoms in total. The summed E-state index contributed by atoms with van der Waals surface area (Å²) in [6.45, 7) is 1.63. The number of amides is 1. The van der Waals surface area contributed by atoms with Gasteiger partial charge in [0.05, 0.1) is 10.5 Å². The van der Waals surface area contributed by atoms with Crippen molar-refractivity contribution in [1.29, 1.82) is 0 Å². The molecule has 0 spiro atoms. The molecule has 0 aliphatic rings. The normalized spacial score (nSPS) is 11.0. The number of aryl methyl sites for hydroxylation is 1. The first-order chi connectivity index (χ1) is 12.5. The highest BCUT2D eigenvalue weighted by atomic mass is 35.5. The Kier molecular flexibility index (Phi) is 6.87. The number of rotatable bonds is 7. The molecule has 0 fully saturated rings. The van der Waals surface area contributed by atoms with Crippen molar-refractivity contribution in [1.82, 2.24) is 5.43 Å². The van der Waals surface area contributed by atoms with Crippen LogP contribution in [0.15, 0.2) is 53.6 Å². The van der Waals surface area contributed by atoms with Gasteiger partial charge in [-0.05, 0) is 48.9 Å². The molecule has 8 heteroatoms. The molecule has 2 aromatic carbocycles. The number of nitrogens with one attached hydrogen (secondary N) is 1. The Bertz CT molecular complexity index is 865. The lowest BCUT2D eigenvalue weighted by Gasteiger charge is -2.06. The number of hydrogen-bond acceptors (Lipinski definition) is 5. The van der Waals surface area contributed by atoms with Crippen LogP contribution >= 0.6 is 11.6 Å². The lowest BCUT2D eigenvalue weighted by atomic mass is 10.2. The van der Waals surface area contributed by atoms with Gasteiger partial charge in [-0.2, -0.15) is 5.10 Å². The number of hydrogen-bond donors (Lipinski definition) is 1.